The van der Waals surface area contributed by atoms with E-state index in [1.807, 2.05) is 54.1 Å². The van der Waals surface area contributed by atoms with Crippen molar-refractivity contribution in [2.75, 3.05) is 31.6 Å². The van der Waals surface area contributed by atoms with Crippen molar-refractivity contribution < 1.29 is 14.0 Å². The number of likely N-dealkylation sites (N-methyl/N-ethyl adjacent to an activating group) is 1. The standard InChI is InChI=1S/C20H25N3O3/c1-15-10-13-26-19(15)20(25)21-16-8-11-23(12-9-16)18(24)14-22(2)17-6-4-3-5-7-17/h3-7,10,13,16H,8-9,11-12,14H2,1-2H3,(H,21,25). The first-order valence-corrected chi connectivity index (χ1v) is 8.93. The van der Waals surface area contributed by atoms with Crippen molar-refractivity contribution in [3.05, 3.63) is 54.0 Å². The predicted octanol–water partition coefficient (Wildman–Crippen LogP) is 2.45. The van der Waals surface area contributed by atoms with Crippen LogP contribution < -0.4 is 10.2 Å². The summed E-state index contributed by atoms with van der Waals surface area (Å²) < 4.78 is 5.23. The third kappa shape index (κ3) is 4.25. The molecule has 1 N–H and O–H groups in total. The molecule has 0 bridgehead atoms. The molecule has 0 spiro atoms. The van der Waals surface area contributed by atoms with E-state index in [2.05, 4.69) is 5.32 Å². The van der Waals surface area contributed by atoms with E-state index in [0.29, 0.717) is 25.4 Å². The summed E-state index contributed by atoms with van der Waals surface area (Å²) in [4.78, 5) is 28.6. The number of nitrogens with one attached hydrogen (secondary N) is 1. The molecule has 1 aliphatic heterocycles. The highest BCUT2D eigenvalue weighted by molar-refractivity contribution is 5.93. The molecule has 6 nitrogen and oxygen atoms in total. The van der Waals surface area contributed by atoms with Gasteiger partial charge in [0.2, 0.25) is 5.91 Å². The second-order valence-corrected chi connectivity index (χ2v) is 6.75. The van der Waals surface area contributed by atoms with Crippen LogP contribution in [0.2, 0.25) is 0 Å². The van der Waals surface area contributed by atoms with E-state index < -0.39 is 0 Å². The Hall–Kier alpha value is -2.76. The third-order valence-electron chi connectivity index (χ3n) is 4.82. The summed E-state index contributed by atoms with van der Waals surface area (Å²) in [5.74, 6) is 0.303. The maximum absolute atomic E-state index is 12.5. The lowest BCUT2D eigenvalue weighted by Gasteiger charge is -2.33. The number of para-hydroxylation sites is 1. The fraction of sp³-hybridized carbons (Fsp3) is 0.400. The number of furan rings is 1. The van der Waals surface area contributed by atoms with Crippen LogP contribution in [0.1, 0.15) is 29.0 Å². The first-order chi connectivity index (χ1) is 12.5. The van der Waals surface area contributed by atoms with Gasteiger partial charge in [0.05, 0.1) is 12.8 Å². The van der Waals surface area contributed by atoms with E-state index in [4.69, 9.17) is 4.42 Å². The molecule has 2 heterocycles. The lowest BCUT2D eigenvalue weighted by atomic mass is 10.0. The van der Waals surface area contributed by atoms with Gasteiger partial charge in [-0.05, 0) is 38.0 Å². The molecule has 1 fully saturated rings. The Morgan fingerprint density at radius 2 is 1.88 bits per heavy atom. The average molecular weight is 355 g/mol. The number of hydrogen-bond acceptors (Lipinski definition) is 4. The van der Waals surface area contributed by atoms with Crippen molar-refractivity contribution in [1.29, 1.82) is 0 Å². The van der Waals surface area contributed by atoms with Gasteiger partial charge in [-0.2, -0.15) is 0 Å². The fourth-order valence-corrected chi connectivity index (χ4v) is 3.21. The van der Waals surface area contributed by atoms with Gasteiger partial charge in [-0.15, -0.1) is 0 Å². The van der Waals surface area contributed by atoms with Crippen LogP contribution in [-0.4, -0.2) is 49.4 Å². The van der Waals surface area contributed by atoms with Crippen molar-refractivity contribution >= 4 is 17.5 Å². The third-order valence-corrected chi connectivity index (χ3v) is 4.82. The Morgan fingerprint density at radius 3 is 2.50 bits per heavy atom. The van der Waals surface area contributed by atoms with Crippen molar-refractivity contribution in [1.82, 2.24) is 10.2 Å². The van der Waals surface area contributed by atoms with E-state index in [1.54, 1.807) is 6.07 Å². The zero-order valence-electron chi connectivity index (χ0n) is 15.3. The first-order valence-electron chi connectivity index (χ1n) is 8.93. The van der Waals surface area contributed by atoms with Crippen LogP contribution in [-0.2, 0) is 4.79 Å². The van der Waals surface area contributed by atoms with Crippen LogP contribution in [0.3, 0.4) is 0 Å². The van der Waals surface area contributed by atoms with Crippen molar-refractivity contribution in [3.8, 4) is 0 Å². The summed E-state index contributed by atoms with van der Waals surface area (Å²) in [7, 11) is 1.92. The number of amides is 2. The number of nitrogens with zero attached hydrogens (tertiary/aromatic N) is 2. The van der Waals surface area contributed by atoms with E-state index in [9.17, 15) is 9.59 Å². The minimum atomic E-state index is -0.180. The van der Waals surface area contributed by atoms with Gasteiger partial charge in [-0.1, -0.05) is 18.2 Å². The zero-order valence-corrected chi connectivity index (χ0v) is 15.3. The summed E-state index contributed by atoms with van der Waals surface area (Å²) in [6.45, 7) is 3.52. The van der Waals surface area contributed by atoms with E-state index in [-0.39, 0.29) is 17.9 Å². The number of likely N-dealkylation sites (tertiary alicyclic amines) is 1. The number of hydrogen-bond donors (Lipinski definition) is 1. The largest absolute Gasteiger partial charge is 0.459 e. The molecule has 1 aromatic carbocycles. The molecule has 1 aliphatic rings. The summed E-state index contributed by atoms with van der Waals surface area (Å²) in [5, 5.41) is 3.01. The summed E-state index contributed by atoms with van der Waals surface area (Å²) in [6, 6.07) is 11.7. The normalized spacial score (nSPS) is 14.9. The molecule has 2 amide bonds. The maximum Gasteiger partial charge on any atom is 0.287 e. The van der Waals surface area contributed by atoms with Crippen molar-refractivity contribution in [2.45, 2.75) is 25.8 Å². The highest BCUT2D eigenvalue weighted by atomic mass is 16.3. The van der Waals surface area contributed by atoms with E-state index in [0.717, 1.165) is 24.1 Å². The van der Waals surface area contributed by atoms with E-state index >= 15 is 0 Å². The Balaban J connectivity index is 1.46. The minimum Gasteiger partial charge on any atom is -0.459 e. The van der Waals surface area contributed by atoms with Crippen LogP contribution in [0.25, 0.3) is 0 Å². The Kier molecular flexibility index (Phi) is 5.61. The minimum absolute atomic E-state index is 0.0721. The van der Waals surface area contributed by atoms with Crippen LogP contribution in [0, 0.1) is 6.92 Å². The molecule has 138 valence electrons. The monoisotopic (exact) mass is 355 g/mol. The van der Waals surface area contributed by atoms with Crippen LogP contribution >= 0.6 is 0 Å². The SMILES string of the molecule is Cc1ccoc1C(=O)NC1CCN(C(=O)CN(C)c2ccccc2)CC1. The van der Waals surface area contributed by atoms with Gasteiger partial charge in [0.1, 0.15) is 0 Å². The Labute approximate surface area is 153 Å². The first kappa shape index (κ1) is 18.0. The molecule has 6 heteroatoms. The molecule has 0 radical (unpaired) electrons. The second-order valence-electron chi connectivity index (χ2n) is 6.75. The molecule has 3 rings (SSSR count). The van der Waals surface area contributed by atoms with Crippen molar-refractivity contribution in [2.24, 2.45) is 0 Å². The number of carbonyl (C=O) groups is 2. The number of aryl methyl sites for hydroxylation is 1. The maximum atomic E-state index is 12.5. The topological polar surface area (TPSA) is 65.8 Å². The molecule has 1 aromatic heterocycles. The molecule has 1 saturated heterocycles. The lowest BCUT2D eigenvalue weighted by Crippen LogP contribution is -2.48. The fourth-order valence-electron chi connectivity index (χ4n) is 3.21. The Bertz CT molecular complexity index is 749. The molecule has 26 heavy (non-hydrogen) atoms. The molecule has 0 atom stereocenters. The zero-order chi connectivity index (χ0) is 18.5. The molecule has 0 aliphatic carbocycles. The van der Waals surface area contributed by atoms with Gasteiger partial charge in [0.15, 0.2) is 5.76 Å². The molecule has 0 unspecified atom stereocenters. The summed E-state index contributed by atoms with van der Waals surface area (Å²) in [5.41, 5.74) is 1.86. The number of rotatable bonds is 5. The van der Waals surface area contributed by atoms with Gasteiger partial charge < -0.3 is 19.5 Å². The number of piperidine rings is 1. The van der Waals surface area contributed by atoms with Gasteiger partial charge in [0.25, 0.3) is 5.91 Å². The van der Waals surface area contributed by atoms with Gasteiger partial charge in [-0.3, -0.25) is 9.59 Å². The number of anilines is 1. The number of carbonyl (C=O) groups excluding carboxylic acids is 2. The molecular formula is C20H25N3O3. The molecular weight excluding hydrogens is 330 g/mol. The molecule has 2 aromatic rings. The average Bonchev–Trinajstić information content (AvgIpc) is 3.09. The predicted molar refractivity (Wildman–Crippen MR) is 100 cm³/mol. The van der Waals surface area contributed by atoms with Gasteiger partial charge >= 0.3 is 0 Å². The summed E-state index contributed by atoms with van der Waals surface area (Å²) >= 11 is 0. The smallest absolute Gasteiger partial charge is 0.287 e. The van der Waals surface area contributed by atoms with Gasteiger partial charge in [-0.25, -0.2) is 0 Å². The second kappa shape index (κ2) is 8.08. The van der Waals surface area contributed by atoms with Crippen LogP contribution in [0.5, 0.6) is 0 Å². The van der Waals surface area contributed by atoms with E-state index in [1.165, 1.54) is 6.26 Å². The highest BCUT2D eigenvalue weighted by Crippen LogP contribution is 2.15. The molecule has 0 saturated carbocycles. The highest BCUT2D eigenvalue weighted by Gasteiger charge is 2.25. The summed E-state index contributed by atoms with van der Waals surface area (Å²) in [6.07, 6.45) is 3.04. The number of benzene rings is 1. The van der Waals surface area contributed by atoms with Crippen LogP contribution in [0.4, 0.5) is 5.69 Å². The lowest BCUT2D eigenvalue weighted by molar-refractivity contribution is -0.130. The van der Waals surface area contributed by atoms with Crippen LogP contribution in [0.15, 0.2) is 47.1 Å². The Morgan fingerprint density at radius 1 is 1.19 bits per heavy atom. The van der Waals surface area contributed by atoms with Gasteiger partial charge in [0, 0.05) is 37.4 Å². The van der Waals surface area contributed by atoms with Crippen molar-refractivity contribution in [3.63, 3.8) is 0 Å². The quantitative estimate of drug-likeness (QED) is 0.895.